The van der Waals surface area contributed by atoms with Crippen LogP contribution >= 0.6 is 0 Å². The van der Waals surface area contributed by atoms with Gasteiger partial charge in [0.25, 0.3) is 0 Å². The van der Waals surface area contributed by atoms with Gasteiger partial charge in [-0.1, -0.05) is 6.08 Å². The van der Waals surface area contributed by atoms with Crippen LogP contribution in [0.25, 0.3) is 0 Å². The van der Waals surface area contributed by atoms with Crippen molar-refractivity contribution in [2.24, 2.45) is 0 Å². The van der Waals surface area contributed by atoms with Crippen molar-refractivity contribution in [3.63, 3.8) is 0 Å². The summed E-state index contributed by atoms with van der Waals surface area (Å²) in [6.45, 7) is 5.12. The number of allylic oxidation sites excluding steroid dienone is 1. The molecule has 0 aromatic carbocycles. The van der Waals surface area contributed by atoms with Gasteiger partial charge >= 0.3 is 5.97 Å². The van der Waals surface area contributed by atoms with E-state index in [9.17, 15) is 4.79 Å². The van der Waals surface area contributed by atoms with E-state index in [1.54, 1.807) is 13.0 Å². The van der Waals surface area contributed by atoms with Crippen molar-refractivity contribution in [1.82, 2.24) is 0 Å². The number of carbonyl (C=O) groups is 1. The average molecular weight is 158 g/mol. The van der Waals surface area contributed by atoms with E-state index >= 15 is 0 Å². The van der Waals surface area contributed by atoms with Crippen molar-refractivity contribution in [2.75, 3.05) is 19.8 Å². The van der Waals surface area contributed by atoms with Gasteiger partial charge < -0.3 is 9.47 Å². The van der Waals surface area contributed by atoms with Crippen LogP contribution in [0.5, 0.6) is 0 Å². The van der Waals surface area contributed by atoms with Gasteiger partial charge in [0.05, 0.1) is 6.61 Å². The Bertz CT molecular complexity index is 129. The van der Waals surface area contributed by atoms with Crippen molar-refractivity contribution >= 4 is 5.97 Å². The molecule has 0 N–H and O–H groups in total. The highest BCUT2D eigenvalue weighted by Gasteiger charge is 1.93. The first-order valence-electron chi connectivity index (χ1n) is 3.68. The maximum absolute atomic E-state index is 10.6. The highest BCUT2D eigenvalue weighted by atomic mass is 16.6. The maximum atomic E-state index is 10.6. The Morgan fingerprint density at radius 2 is 2.18 bits per heavy atom. The summed E-state index contributed by atoms with van der Waals surface area (Å²) in [4.78, 5) is 10.6. The summed E-state index contributed by atoms with van der Waals surface area (Å²) in [6, 6.07) is 0. The van der Waals surface area contributed by atoms with E-state index in [1.165, 1.54) is 6.08 Å². The minimum absolute atomic E-state index is 0.313. The van der Waals surface area contributed by atoms with Gasteiger partial charge in [0.15, 0.2) is 0 Å². The molecule has 0 atom stereocenters. The summed E-state index contributed by atoms with van der Waals surface area (Å²) in [6.07, 6.45) is 3.02. The minimum atomic E-state index is -0.313. The van der Waals surface area contributed by atoms with Crippen LogP contribution in [-0.2, 0) is 14.3 Å². The predicted molar refractivity (Wildman–Crippen MR) is 42.3 cm³/mol. The minimum Gasteiger partial charge on any atom is -0.460 e. The standard InChI is InChI=1S/C8H14O3/c1-3-5-8(9)11-7-6-10-4-2/h3,5H,4,6-7H2,1-2H3. The zero-order chi connectivity index (χ0) is 8.53. The lowest BCUT2D eigenvalue weighted by atomic mass is 10.5. The van der Waals surface area contributed by atoms with Crippen LogP contribution in [0.3, 0.4) is 0 Å². The molecule has 11 heavy (non-hydrogen) atoms. The summed E-state index contributed by atoms with van der Waals surface area (Å²) in [5.41, 5.74) is 0. The van der Waals surface area contributed by atoms with Crippen LogP contribution < -0.4 is 0 Å². The molecule has 0 radical (unpaired) electrons. The predicted octanol–water partition coefficient (Wildman–Crippen LogP) is 1.14. The molecule has 0 spiro atoms. The van der Waals surface area contributed by atoms with Gasteiger partial charge in [0.1, 0.15) is 6.61 Å². The van der Waals surface area contributed by atoms with Crippen LogP contribution in [-0.4, -0.2) is 25.8 Å². The molecule has 0 amide bonds. The molecule has 3 nitrogen and oxygen atoms in total. The maximum Gasteiger partial charge on any atom is 0.330 e. The summed E-state index contributed by atoms with van der Waals surface area (Å²) in [5, 5.41) is 0. The first-order chi connectivity index (χ1) is 5.31. The van der Waals surface area contributed by atoms with Gasteiger partial charge in [-0.05, 0) is 13.8 Å². The van der Waals surface area contributed by atoms with E-state index in [2.05, 4.69) is 0 Å². The largest absolute Gasteiger partial charge is 0.460 e. The van der Waals surface area contributed by atoms with E-state index in [0.29, 0.717) is 19.8 Å². The zero-order valence-electron chi connectivity index (χ0n) is 7.00. The molecule has 0 heterocycles. The van der Waals surface area contributed by atoms with Gasteiger partial charge in [-0.25, -0.2) is 4.79 Å². The second-order valence-corrected chi connectivity index (χ2v) is 1.86. The second-order valence-electron chi connectivity index (χ2n) is 1.86. The molecule has 0 rings (SSSR count). The fourth-order valence-electron chi connectivity index (χ4n) is 0.530. The SMILES string of the molecule is CC=CC(=O)OCCOCC. The van der Waals surface area contributed by atoms with Crippen molar-refractivity contribution in [2.45, 2.75) is 13.8 Å². The molecule has 0 aromatic heterocycles. The highest BCUT2D eigenvalue weighted by molar-refractivity contribution is 5.81. The number of hydrogen-bond acceptors (Lipinski definition) is 3. The number of carbonyl (C=O) groups excluding carboxylic acids is 1. The van der Waals surface area contributed by atoms with Gasteiger partial charge in [0, 0.05) is 12.7 Å². The molecule has 0 saturated carbocycles. The Kier molecular flexibility index (Phi) is 6.73. The van der Waals surface area contributed by atoms with E-state index in [4.69, 9.17) is 9.47 Å². The molecule has 0 saturated heterocycles. The molecule has 0 aliphatic rings. The lowest BCUT2D eigenvalue weighted by Crippen LogP contribution is -2.08. The Balaban J connectivity index is 3.17. The first kappa shape index (κ1) is 10.2. The Hall–Kier alpha value is -0.830. The quantitative estimate of drug-likeness (QED) is 0.342. The highest BCUT2D eigenvalue weighted by Crippen LogP contribution is 1.82. The Morgan fingerprint density at radius 3 is 2.73 bits per heavy atom. The van der Waals surface area contributed by atoms with Gasteiger partial charge in [-0.15, -0.1) is 0 Å². The number of esters is 1. The third kappa shape index (κ3) is 7.06. The van der Waals surface area contributed by atoms with Crippen LogP contribution in [0.2, 0.25) is 0 Å². The summed E-state index contributed by atoms with van der Waals surface area (Å²) in [5.74, 6) is -0.313. The molecule has 0 aliphatic carbocycles. The summed E-state index contributed by atoms with van der Waals surface area (Å²) >= 11 is 0. The molecule has 3 heteroatoms. The second kappa shape index (κ2) is 7.28. The molecule has 0 bridgehead atoms. The molecular weight excluding hydrogens is 144 g/mol. The molecule has 0 unspecified atom stereocenters. The van der Waals surface area contributed by atoms with Gasteiger partial charge in [0.2, 0.25) is 0 Å². The van der Waals surface area contributed by atoms with E-state index in [0.717, 1.165) is 0 Å². The number of ether oxygens (including phenoxy) is 2. The van der Waals surface area contributed by atoms with Crippen LogP contribution in [0.15, 0.2) is 12.2 Å². The zero-order valence-corrected chi connectivity index (χ0v) is 7.00. The van der Waals surface area contributed by atoms with E-state index in [1.807, 2.05) is 6.92 Å². The molecular formula is C8H14O3. The lowest BCUT2D eigenvalue weighted by molar-refractivity contribution is -0.139. The topological polar surface area (TPSA) is 35.5 Å². The molecule has 0 aliphatic heterocycles. The molecule has 64 valence electrons. The van der Waals surface area contributed by atoms with Crippen molar-refractivity contribution in [3.05, 3.63) is 12.2 Å². The van der Waals surface area contributed by atoms with Crippen molar-refractivity contribution < 1.29 is 14.3 Å². The summed E-state index contributed by atoms with van der Waals surface area (Å²) in [7, 11) is 0. The molecule has 0 fully saturated rings. The Morgan fingerprint density at radius 1 is 1.45 bits per heavy atom. The van der Waals surface area contributed by atoms with Crippen molar-refractivity contribution in [1.29, 1.82) is 0 Å². The van der Waals surface area contributed by atoms with Gasteiger partial charge in [-0.3, -0.25) is 0 Å². The van der Waals surface area contributed by atoms with Crippen LogP contribution in [0.1, 0.15) is 13.8 Å². The number of hydrogen-bond donors (Lipinski definition) is 0. The van der Waals surface area contributed by atoms with Crippen LogP contribution in [0.4, 0.5) is 0 Å². The van der Waals surface area contributed by atoms with Crippen molar-refractivity contribution in [3.8, 4) is 0 Å². The average Bonchev–Trinajstić information content (AvgIpc) is 1.99. The number of rotatable bonds is 5. The fraction of sp³-hybridized carbons (Fsp3) is 0.625. The monoisotopic (exact) mass is 158 g/mol. The fourth-order valence-corrected chi connectivity index (χ4v) is 0.530. The third-order valence-corrected chi connectivity index (χ3v) is 0.979. The Labute approximate surface area is 67.0 Å². The van der Waals surface area contributed by atoms with Gasteiger partial charge in [-0.2, -0.15) is 0 Å². The lowest BCUT2D eigenvalue weighted by Gasteiger charge is -2.00. The third-order valence-electron chi connectivity index (χ3n) is 0.979. The van der Waals surface area contributed by atoms with E-state index in [-0.39, 0.29) is 5.97 Å². The molecule has 0 aromatic rings. The smallest absolute Gasteiger partial charge is 0.330 e. The normalized spacial score (nSPS) is 10.4. The summed E-state index contributed by atoms with van der Waals surface area (Å²) < 4.78 is 9.69. The van der Waals surface area contributed by atoms with E-state index < -0.39 is 0 Å². The first-order valence-corrected chi connectivity index (χ1v) is 3.68. The van der Waals surface area contributed by atoms with Crippen LogP contribution in [0, 0.1) is 0 Å².